The predicted molar refractivity (Wildman–Crippen MR) is 82.3 cm³/mol. The molecule has 19 heavy (non-hydrogen) atoms. The summed E-state index contributed by atoms with van der Waals surface area (Å²) in [5.41, 5.74) is 10.3. The normalized spacial score (nSPS) is 23.2. The quantitative estimate of drug-likeness (QED) is 0.873. The highest BCUT2D eigenvalue weighted by Crippen LogP contribution is 2.26. The van der Waals surface area contributed by atoms with E-state index in [1.807, 2.05) is 0 Å². The smallest absolute Gasteiger partial charge is 0.0208 e. The molecule has 1 aliphatic carbocycles. The SMILES string of the molecule is Cc1cc(C(C)(C)C)ccc1CNCC1CC(N)C1. The van der Waals surface area contributed by atoms with E-state index in [4.69, 9.17) is 5.73 Å². The molecule has 106 valence electrons. The van der Waals surface area contributed by atoms with Crippen molar-refractivity contribution in [2.75, 3.05) is 6.54 Å². The molecule has 1 aromatic carbocycles. The zero-order chi connectivity index (χ0) is 14.0. The molecule has 2 nitrogen and oxygen atoms in total. The van der Waals surface area contributed by atoms with E-state index in [0.717, 1.165) is 19.0 Å². The zero-order valence-corrected chi connectivity index (χ0v) is 12.8. The Morgan fingerprint density at radius 3 is 2.47 bits per heavy atom. The van der Waals surface area contributed by atoms with E-state index in [9.17, 15) is 0 Å². The van der Waals surface area contributed by atoms with Gasteiger partial charge >= 0.3 is 0 Å². The third-order valence-corrected chi connectivity index (χ3v) is 4.23. The summed E-state index contributed by atoms with van der Waals surface area (Å²) in [4.78, 5) is 0. The van der Waals surface area contributed by atoms with Crippen LogP contribution in [0.2, 0.25) is 0 Å². The van der Waals surface area contributed by atoms with Gasteiger partial charge in [0.05, 0.1) is 0 Å². The first-order chi connectivity index (χ1) is 8.86. The maximum atomic E-state index is 5.81. The Bertz CT molecular complexity index is 425. The lowest BCUT2D eigenvalue weighted by molar-refractivity contribution is 0.256. The fourth-order valence-corrected chi connectivity index (χ4v) is 2.73. The van der Waals surface area contributed by atoms with Crippen LogP contribution in [0.1, 0.15) is 50.3 Å². The Hall–Kier alpha value is -0.860. The molecule has 0 aliphatic heterocycles. The lowest BCUT2D eigenvalue weighted by atomic mass is 9.81. The summed E-state index contributed by atoms with van der Waals surface area (Å²) in [7, 11) is 0. The molecule has 0 aromatic heterocycles. The summed E-state index contributed by atoms with van der Waals surface area (Å²) in [5.74, 6) is 0.796. The van der Waals surface area contributed by atoms with Crippen molar-refractivity contribution in [3.8, 4) is 0 Å². The van der Waals surface area contributed by atoms with Crippen LogP contribution in [0.4, 0.5) is 0 Å². The van der Waals surface area contributed by atoms with Gasteiger partial charge in [0.2, 0.25) is 0 Å². The molecule has 2 rings (SSSR count). The summed E-state index contributed by atoms with van der Waals surface area (Å²) >= 11 is 0. The van der Waals surface area contributed by atoms with E-state index < -0.39 is 0 Å². The van der Waals surface area contributed by atoms with Gasteiger partial charge in [-0.05, 0) is 54.3 Å². The van der Waals surface area contributed by atoms with Gasteiger partial charge in [0, 0.05) is 12.6 Å². The number of nitrogens with two attached hydrogens (primary N) is 1. The molecule has 0 saturated heterocycles. The number of benzene rings is 1. The summed E-state index contributed by atoms with van der Waals surface area (Å²) < 4.78 is 0. The molecule has 2 heteroatoms. The first-order valence-corrected chi connectivity index (χ1v) is 7.42. The summed E-state index contributed by atoms with van der Waals surface area (Å²) in [6, 6.07) is 7.33. The molecule has 0 atom stereocenters. The van der Waals surface area contributed by atoms with Gasteiger partial charge in [-0.15, -0.1) is 0 Å². The number of rotatable bonds is 4. The Kier molecular flexibility index (Phi) is 4.32. The molecule has 0 radical (unpaired) electrons. The molecule has 3 N–H and O–H groups in total. The standard InChI is InChI=1S/C17H28N2/c1-12-7-15(17(2,3)4)6-5-14(12)11-19-10-13-8-16(18)9-13/h5-7,13,16,19H,8-11,18H2,1-4H3. The monoisotopic (exact) mass is 260 g/mol. The van der Waals surface area contributed by atoms with E-state index in [2.05, 4.69) is 51.2 Å². The summed E-state index contributed by atoms with van der Waals surface area (Å²) in [6.07, 6.45) is 2.38. The zero-order valence-electron chi connectivity index (χ0n) is 12.8. The van der Waals surface area contributed by atoms with Crippen LogP contribution in [-0.2, 0) is 12.0 Å². The molecular weight excluding hydrogens is 232 g/mol. The molecule has 1 saturated carbocycles. The van der Waals surface area contributed by atoms with Crippen LogP contribution in [0.3, 0.4) is 0 Å². The first-order valence-electron chi connectivity index (χ1n) is 7.42. The Labute approximate surface area is 117 Å². The highest BCUT2D eigenvalue weighted by molar-refractivity contribution is 5.34. The number of hydrogen-bond acceptors (Lipinski definition) is 2. The van der Waals surface area contributed by atoms with Crippen LogP contribution >= 0.6 is 0 Å². The first kappa shape index (κ1) is 14.5. The molecule has 0 amide bonds. The summed E-state index contributed by atoms with van der Waals surface area (Å²) in [6.45, 7) is 11.1. The second kappa shape index (κ2) is 5.64. The van der Waals surface area contributed by atoms with Gasteiger partial charge in [0.1, 0.15) is 0 Å². The lowest BCUT2D eigenvalue weighted by Crippen LogP contribution is -2.41. The highest BCUT2D eigenvalue weighted by atomic mass is 14.9. The van der Waals surface area contributed by atoms with E-state index in [1.165, 1.54) is 29.5 Å². The maximum absolute atomic E-state index is 5.81. The highest BCUT2D eigenvalue weighted by Gasteiger charge is 2.25. The third kappa shape index (κ3) is 3.80. The third-order valence-electron chi connectivity index (χ3n) is 4.23. The van der Waals surface area contributed by atoms with Crippen LogP contribution in [0.5, 0.6) is 0 Å². The molecule has 1 fully saturated rings. The van der Waals surface area contributed by atoms with Crippen LogP contribution in [0.15, 0.2) is 18.2 Å². The topological polar surface area (TPSA) is 38.0 Å². The van der Waals surface area contributed by atoms with Crippen molar-refractivity contribution in [3.05, 3.63) is 34.9 Å². The number of hydrogen-bond donors (Lipinski definition) is 2. The number of nitrogens with one attached hydrogen (secondary N) is 1. The molecule has 0 unspecified atom stereocenters. The molecule has 0 spiro atoms. The average molecular weight is 260 g/mol. The van der Waals surface area contributed by atoms with Crippen LogP contribution < -0.4 is 11.1 Å². The van der Waals surface area contributed by atoms with Crippen molar-refractivity contribution in [1.29, 1.82) is 0 Å². The van der Waals surface area contributed by atoms with Crippen molar-refractivity contribution >= 4 is 0 Å². The largest absolute Gasteiger partial charge is 0.328 e. The van der Waals surface area contributed by atoms with E-state index in [0.29, 0.717) is 6.04 Å². The maximum Gasteiger partial charge on any atom is 0.0208 e. The van der Waals surface area contributed by atoms with Gasteiger partial charge in [0.15, 0.2) is 0 Å². The van der Waals surface area contributed by atoms with E-state index >= 15 is 0 Å². The van der Waals surface area contributed by atoms with Gasteiger partial charge in [0.25, 0.3) is 0 Å². The molecule has 0 heterocycles. The lowest BCUT2D eigenvalue weighted by Gasteiger charge is -2.32. The molecule has 1 aromatic rings. The number of aryl methyl sites for hydroxylation is 1. The average Bonchev–Trinajstić information content (AvgIpc) is 2.27. The van der Waals surface area contributed by atoms with Crippen molar-refractivity contribution in [2.45, 2.75) is 58.5 Å². The molecule has 1 aliphatic rings. The fraction of sp³-hybridized carbons (Fsp3) is 0.647. The minimum atomic E-state index is 0.235. The fourth-order valence-electron chi connectivity index (χ4n) is 2.73. The Balaban J connectivity index is 1.87. The van der Waals surface area contributed by atoms with Gasteiger partial charge in [-0.1, -0.05) is 39.0 Å². The van der Waals surface area contributed by atoms with Gasteiger partial charge in [-0.3, -0.25) is 0 Å². The minimum absolute atomic E-state index is 0.235. The van der Waals surface area contributed by atoms with Crippen molar-refractivity contribution in [1.82, 2.24) is 5.32 Å². The van der Waals surface area contributed by atoms with Crippen LogP contribution in [0.25, 0.3) is 0 Å². The van der Waals surface area contributed by atoms with E-state index in [-0.39, 0.29) is 5.41 Å². The van der Waals surface area contributed by atoms with E-state index in [1.54, 1.807) is 0 Å². The van der Waals surface area contributed by atoms with Gasteiger partial charge < -0.3 is 11.1 Å². The van der Waals surface area contributed by atoms with Crippen molar-refractivity contribution in [2.24, 2.45) is 11.7 Å². The van der Waals surface area contributed by atoms with Crippen molar-refractivity contribution in [3.63, 3.8) is 0 Å². The molecular formula is C17H28N2. The second-order valence-corrected chi connectivity index (χ2v) is 7.12. The van der Waals surface area contributed by atoms with Crippen molar-refractivity contribution < 1.29 is 0 Å². The van der Waals surface area contributed by atoms with Gasteiger partial charge in [-0.25, -0.2) is 0 Å². The van der Waals surface area contributed by atoms with Crippen LogP contribution in [-0.4, -0.2) is 12.6 Å². The summed E-state index contributed by atoms with van der Waals surface area (Å²) in [5, 5.41) is 3.57. The minimum Gasteiger partial charge on any atom is -0.328 e. The second-order valence-electron chi connectivity index (χ2n) is 7.12. The van der Waals surface area contributed by atoms with Gasteiger partial charge in [-0.2, -0.15) is 0 Å². The Morgan fingerprint density at radius 2 is 1.95 bits per heavy atom. The van der Waals surface area contributed by atoms with Crippen LogP contribution in [0, 0.1) is 12.8 Å². The Morgan fingerprint density at radius 1 is 1.26 bits per heavy atom. The molecule has 0 bridgehead atoms. The predicted octanol–water partition coefficient (Wildman–Crippen LogP) is 3.12.